The fourth-order valence-corrected chi connectivity index (χ4v) is 1.55. The molecule has 2 heterocycles. The van der Waals surface area contributed by atoms with Crippen molar-refractivity contribution in [2.45, 2.75) is 13.3 Å². The maximum atomic E-state index is 11.4. The van der Waals surface area contributed by atoms with Gasteiger partial charge in [0.05, 0.1) is 12.4 Å². The number of ketones is 1. The molecule has 0 aliphatic rings. The van der Waals surface area contributed by atoms with E-state index in [0.29, 0.717) is 17.9 Å². The van der Waals surface area contributed by atoms with Gasteiger partial charge in [-0.1, -0.05) is 6.92 Å². The first-order valence-corrected chi connectivity index (χ1v) is 5.96. The molecule has 0 unspecified atom stereocenters. The average Bonchev–Trinajstić information content (AvgIpc) is 2.47. The Balaban J connectivity index is 2.23. The molecule has 102 valence electrons. The van der Waals surface area contributed by atoms with E-state index in [4.69, 9.17) is 9.84 Å². The minimum Gasteiger partial charge on any atom is -0.478 e. The Labute approximate surface area is 115 Å². The summed E-state index contributed by atoms with van der Waals surface area (Å²) < 4.78 is 5.42. The second kappa shape index (κ2) is 5.92. The molecule has 6 nitrogen and oxygen atoms in total. The Morgan fingerprint density at radius 1 is 1.25 bits per heavy atom. The molecule has 0 aliphatic heterocycles. The van der Waals surface area contributed by atoms with Crippen molar-refractivity contribution in [1.29, 1.82) is 0 Å². The predicted molar refractivity (Wildman–Crippen MR) is 70.1 cm³/mol. The Morgan fingerprint density at radius 2 is 2.05 bits per heavy atom. The summed E-state index contributed by atoms with van der Waals surface area (Å²) in [7, 11) is 0. The molecule has 0 fully saturated rings. The highest BCUT2D eigenvalue weighted by Crippen LogP contribution is 2.23. The van der Waals surface area contributed by atoms with E-state index in [9.17, 15) is 9.59 Å². The van der Waals surface area contributed by atoms with Gasteiger partial charge in [0.1, 0.15) is 17.0 Å². The molecule has 20 heavy (non-hydrogen) atoms. The van der Waals surface area contributed by atoms with Gasteiger partial charge in [0.15, 0.2) is 11.5 Å². The molecule has 0 bridgehead atoms. The lowest BCUT2D eigenvalue weighted by Crippen LogP contribution is -2.02. The number of carbonyl (C=O) groups excluding carboxylic acids is 1. The molecule has 0 spiro atoms. The SMILES string of the molecule is CCC(=O)c1ccc(Oc2cnccc2C(=O)O)cn1. The van der Waals surface area contributed by atoms with Crippen molar-refractivity contribution in [3.05, 3.63) is 48.0 Å². The molecular formula is C14H12N2O4. The van der Waals surface area contributed by atoms with Crippen LogP contribution >= 0.6 is 0 Å². The van der Waals surface area contributed by atoms with Crippen LogP contribution in [-0.4, -0.2) is 26.8 Å². The van der Waals surface area contributed by atoms with E-state index in [1.807, 2.05) is 0 Å². The summed E-state index contributed by atoms with van der Waals surface area (Å²) in [6, 6.07) is 4.45. The van der Waals surface area contributed by atoms with Crippen LogP contribution in [0, 0.1) is 0 Å². The quantitative estimate of drug-likeness (QED) is 0.841. The standard InChI is InChI=1S/C14H12N2O4/c1-2-12(17)11-4-3-9(7-16-11)20-13-8-15-6-5-10(13)14(18)19/h3-8H,2H2,1H3,(H,18,19). The van der Waals surface area contributed by atoms with E-state index in [0.717, 1.165) is 0 Å². The van der Waals surface area contributed by atoms with Crippen molar-refractivity contribution in [3.8, 4) is 11.5 Å². The van der Waals surface area contributed by atoms with E-state index >= 15 is 0 Å². The van der Waals surface area contributed by atoms with Crippen molar-refractivity contribution in [3.63, 3.8) is 0 Å². The van der Waals surface area contributed by atoms with Crippen LogP contribution in [0.2, 0.25) is 0 Å². The van der Waals surface area contributed by atoms with Gasteiger partial charge in [-0.25, -0.2) is 9.78 Å². The van der Waals surface area contributed by atoms with Gasteiger partial charge in [-0.15, -0.1) is 0 Å². The Morgan fingerprint density at radius 3 is 2.65 bits per heavy atom. The molecule has 1 N–H and O–H groups in total. The number of carboxylic acid groups (broad SMARTS) is 1. The zero-order valence-electron chi connectivity index (χ0n) is 10.7. The van der Waals surface area contributed by atoms with E-state index in [1.165, 1.54) is 30.7 Å². The summed E-state index contributed by atoms with van der Waals surface area (Å²) >= 11 is 0. The summed E-state index contributed by atoms with van der Waals surface area (Å²) in [4.78, 5) is 30.3. The maximum absolute atomic E-state index is 11.4. The molecule has 0 saturated heterocycles. The van der Waals surface area contributed by atoms with E-state index in [2.05, 4.69) is 9.97 Å². The molecule has 2 aromatic rings. The third-order valence-corrected chi connectivity index (χ3v) is 2.59. The number of rotatable bonds is 5. The molecule has 0 atom stereocenters. The van der Waals surface area contributed by atoms with Crippen LogP contribution in [0.5, 0.6) is 11.5 Å². The Hall–Kier alpha value is -2.76. The van der Waals surface area contributed by atoms with Gasteiger partial charge < -0.3 is 9.84 Å². The molecule has 0 saturated carbocycles. The van der Waals surface area contributed by atoms with Crippen molar-refractivity contribution >= 4 is 11.8 Å². The maximum Gasteiger partial charge on any atom is 0.339 e. The minimum absolute atomic E-state index is 0.00807. The number of hydrogen-bond acceptors (Lipinski definition) is 5. The van der Waals surface area contributed by atoms with Crippen LogP contribution in [0.4, 0.5) is 0 Å². The van der Waals surface area contributed by atoms with Crippen LogP contribution in [0.15, 0.2) is 36.8 Å². The van der Waals surface area contributed by atoms with E-state index in [1.54, 1.807) is 13.0 Å². The Kier molecular flexibility index (Phi) is 4.05. The lowest BCUT2D eigenvalue weighted by Gasteiger charge is -2.07. The van der Waals surface area contributed by atoms with Crippen molar-refractivity contribution < 1.29 is 19.4 Å². The summed E-state index contributed by atoms with van der Waals surface area (Å²) in [5.41, 5.74) is 0.359. The van der Waals surface area contributed by atoms with Crippen LogP contribution < -0.4 is 4.74 Å². The summed E-state index contributed by atoms with van der Waals surface area (Å²) in [5.74, 6) is -0.707. The van der Waals surface area contributed by atoms with Crippen LogP contribution in [0.25, 0.3) is 0 Å². The molecule has 0 aliphatic carbocycles. The number of aromatic nitrogens is 2. The number of ether oxygens (including phenoxy) is 1. The number of hydrogen-bond donors (Lipinski definition) is 1. The first-order chi connectivity index (χ1) is 9.61. The van der Waals surface area contributed by atoms with Crippen LogP contribution in [0.3, 0.4) is 0 Å². The normalized spacial score (nSPS) is 10.1. The molecule has 0 amide bonds. The number of nitrogens with zero attached hydrogens (tertiary/aromatic N) is 2. The lowest BCUT2D eigenvalue weighted by atomic mass is 10.2. The first-order valence-electron chi connectivity index (χ1n) is 5.96. The van der Waals surface area contributed by atoms with Gasteiger partial charge in [0.2, 0.25) is 0 Å². The minimum atomic E-state index is -1.10. The first kappa shape index (κ1) is 13.7. The fraction of sp³-hybridized carbons (Fsp3) is 0.143. The van der Waals surface area contributed by atoms with Gasteiger partial charge >= 0.3 is 5.97 Å². The lowest BCUT2D eigenvalue weighted by molar-refractivity contribution is 0.0693. The number of carboxylic acids is 1. The second-order valence-corrected chi connectivity index (χ2v) is 3.93. The fourth-order valence-electron chi connectivity index (χ4n) is 1.55. The predicted octanol–water partition coefficient (Wildman–Crippen LogP) is 2.56. The summed E-state index contributed by atoms with van der Waals surface area (Å²) in [6.45, 7) is 1.75. The van der Waals surface area contributed by atoms with Crippen molar-refractivity contribution in [2.24, 2.45) is 0 Å². The molecular weight excluding hydrogens is 260 g/mol. The molecule has 2 aromatic heterocycles. The van der Waals surface area contributed by atoms with Crippen molar-refractivity contribution in [2.75, 3.05) is 0 Å². The average molecular weight is 272 g/mol. The molecule has 6 heteroatoms. The number of aromatic carboxylic acids is 1. The number of carbonyl (C=O) groups is 2. The Bertz CT molecular complexity index is 638. The topological polar surface area (TPSA) is 89.4 Å². The zero-order valence-corrected chi connectivity index (χ0v) is 10.7. The molecule has 2 rings (SSSR count). The highest BCUT2D eigenvalue weighted by molar-refractivity contribution is 5.94. The van der Waals surface area contributed by atoms with Gasteiger partial charge in [0, 0.05) is 12.6 Å². The zero-order chi connectivity index (χ0) is 14.5. The highest BCUT2D eigenvalue weighted by atomic mass is 16.5. The van der Waals surface area contributed by atoms with E-state index in [-0.39, 0.29) is 17.1 Å². The molecule has 0 radical (unpaired) electrons. The summed E-state index contributed by atoms with van der Waals surface area (Å²) in [6.07, 6.45) is 4.44. The van der Waals surface area contributed by atoms with Crippen LogP contribution in [-0.2, 0) is 0 Å². The van der Waals surface area contributed by atoms with E-state index < -0.39 is 5.97 Å². The van der Waals surface area contributed by atoms with Crippen LogP contribution in [0.1, 0.15) is 34.2 Å². The molecule has 0 aromatic carbocycles. The second-order valence-electron chi connectivity index (χ2n) is 3.93. The summed E-state index contributed by atoms with van der Waals surface area (Å²) in [5, 5.41) is 9.02. The largest absolute Gasteiger partial charge is 0.478 e. The van der Waals surface area contributed by atoms with Gasteiger partial charge in [-0.05, 0) is 18.2 Å². The monoisotopic (exact) mass is 272 g/mol. The smallest absolute Gasteiger partial charge is 0.339 e. The van der Waals surface area contributed by atoms with Gasteiger partial charge in [-0.2, -0.15) is 0 Å². The number of pyridine rings is 2. The highest BCUT2D eigenvalue weighted by Gasteiger charge is 2.12. The third-order valence-electron chi connectivity index (χ3n) is 2.59. The number of Topliss-reactive ketones (excluding diaryl/α,β-unsaturated/α-hetero) is 1. The van der Waals surface area contributed by atoms with Gasteiger partial charge in [0.25, 0.3) is 0 Å². The van der Waals surface area contributed by atoms with Crippen molar-refractivity contribution in [1.82, 2.24) is 9.97 Å². The third kappa shape index (κ3) is 2.97. The van der Waals surface area contributed by atoms with Gasteiger partial charge in [-0.3, -0.25) is 9.78 Å².